The van der Waals surface area contributed by atoms with Crippen molar-refractivity contribution in [3.63, 3.8) is 0 Å². The number of aromatic nitrogens is 1. The van der Waals surface area contributed by atoms with E-state index in [-0.39, 0.29) is 11.5 Å². The van der Waals surface area contributed by atoms with E-state index in [1.54, 1.807) is 19.2 Å². The van der Waals surface area contributed by atoms with Crippen molar-refractivity contribution in [2.75, 3.05) is 12.4 Å². The van der Waals surface area contributed by atoms with Gasteiger partial charge in [0.25, 0.3) is 5.69 Å². The van der Waals surface area contributed by atoms with Crippen molar-refractivity contribution in [1.29, 1.82) is 0 Å². The van der Waals surface area contributed by atoms with Gasteiger partial charge in [-0.05, 0) is 24.3 Å². The molecule has 0 spiro atoms. The number of nitrogens with one attached hydrogen (secondary N) is 1. The van der Waals surface area contributed by atoms with Crippen molar-refractivity contribution in [3.8, 4) is 0 Å². The number of anilines is 1. The number of carbonyl (C=O) groups excluding carboxylic acids is 1. The Morgan fingerprint density at radius 3 is 2.53 bits per heavy atom. The predicted octanol–water partition coefficient (Wildman–Crippen LogP) is 2.26. The van der Waals surface area contributed by atoms with Crippen LogP contribution in [0, 0.1) is 10.1 Å². The van der Waals surface area contributed by atoms with Gasteiger partial charge in [0, 0.05) is 30.9 Å². The zero-order chi connectivity index (χ0) is 13.8. The van der Waals surface area contributed by atoms with Crippen molar-refractivity contribution in [2.24, 2.45) is 0 Å². The molecular formula is C13H11N3O3. The summed E-state index contributed by atoms with van der Waals surface area (Å²) in [5, 5.41) is 13.4. The Morgan fingerprint density at radius 2 is 1.95 bits per heavy atom. The lowest BCUT2D eigenvalue weighted by atomic mass is 10.1. The minimum atomic E-state index is -0.506. The molecule has 19 heavy (non-hydrogen) atoms. The van der Waals surface area contributed by atoms with E-state index in [1.807, 2.05) is 0 Å². The van der Waals surface area contributed by atoms with Crippen molar-refractivity contribution in [2.45, 2.75) is 0 Å². The number of non-ortho nitro benzene ring substituents is 1. The van der Waals surface area contributed by atoms with Gasteiger partial charge < -0.3 is 5.32 Å². The largest absolute Gasteiger partial charge is 0.386 e. The van der Waals surface area contributed by atoms with Gasteiger partial charge in [-0.25, -0.2) is 0 Å². The number of carbonyl (C=O) groups is 1. The Labute approximate surface area is 109 Å². The summed E-state index contributed by atoms with van der Waals surface area (Å²) in [7, 11) is 1.70. The first-order valence-corrected chi connectivity index (χ1v) is 5.55. The minimum absolute atomic E-state index is 0.0496. The van der Waals surface area contributed by atoms with E-state index in [1.165, 1.54) is 30.5 Å². The van der Waals surface area contributed by atoms with Crippen LogP contribution < -0.4 is 5.32 Å². The summed E-state index contributed by atoms with van der Waals surface area (Å²) < 4.78 is 0. The highest BCUT2D eigenvalue weighted by Crippen LogP contribution is 2.18. The molecule has 1 aromatic carbocycles. The molecule has 0 saturated carbocycles. The molecule has 0 radical (unpaired) electrons. The number of nitrogens with zero attached hydrogens (tertiary/aromatic N) is 2. The van der Waals surface area contributed by atoms with Crippen molar-refractivity contribution in [3.05, 3.63) is 64.0 Å². The van der Waals surface area contributed by atoms with Crippen LogP contribution in [0.4, 0.5) is 11.4 Å². The van der Waals surface area contributed by atoms with Crippen LogP contribution >= 0.6 is 0 Å². The molecule has 1 heterocycles. The van der Waals surface area contributed by atoms with Crippen LogP contribution in [0.2, 0.25) is 0 Å². The minimum Gasteiger partial charge on any atom is -0.386 e. The second kappa shape index (κ2) is 5.26. The van der Waals surface area contributed by atoms with E-state index < -0.39 is 4.92 Å². The number of nitro benzene ring substituents is 1. The zero-order valence-corrected chi connectivity index (χ0v) is 10.2. The lowest BCUT2D eigenvalue weighted by Crippen LogP contribution is -2.07. The summed E-state index contributed by atoms with van der Waals surface area (Å²) in [6.45, 7) is 0. The maximum atomic E-state index is 12.2. The van der Waals surface area contributed by atoms with Crippen LogP contribution in [0.5, 0.6) is 0 Å². The average Bonchev–Trinajstić information content (AvgIpc) is 2.46. The van der Waals surface area contributed by atoms with Crippen LogP contribution in [0.1, 0.15) is 16.1 Å². The van der Waals surface area contributed by atoms with Crippen LogP contribution in [0.15, 0.2) is 42.6 Å². The summed E-state index contributed by atoms with van der Waals surface area (Å²) in [6.07, 6.45) is 1.53. The number of ketones is 1. The van der Waals surface area contributed by atoms with Gasteiger partial charge in [0.2, 0.25) is 5.78 Å². The van der Waals surface area contributed by atoms with Crippen molar-refractivity contribution < 1.29 is 9.72 Å². The van der Waals surface area contributed by atoms with Gasteiger partial charge in [-0.1, -0.05) is 0 Å². The third kappa shape index (κ3) is 2.57. The monoisotopic (exact) mass is 257 g/mol. The highest BCUT2D eigenvalue weighted by atomic mass is 16.6. The number of rotatable bonds is 4. The molecule has 0 aliphatic rings. The summed E-state index contributed by atoms with van der Waals surface area (Å²) in [6, 6.07) is 8.91. The molecule has 2 aromatic rings. The molecule has 1 N–H and O–H groups in total. The van der Waals surface area contributed by atoms with Gasteiger partial charge >= 0.3 is 0 Å². The Bertz CT molecular complexity index is 623. The Balaban J connectivity index is 2.36. The molecule has 0 aliphatic carbocycles. The fraction of sp³-hybridized carbons (Fsp3) is 0.0769. The predicted molar refractivity (Wildman–Crippen MR) is 70.3 cm³/mol. The van der Waals surface area contributed by atoms with Crippen molar-refractivity contribution >= 4 is 17.2 Å². The lowest BCUT2D eigenvalue weighted by molar-refractivity contribution is -0.384. The summed E-state index contributed by atoms with van der Waals surface area (Å²) in [5.41, 5.74) is 1.22. The Kier molecular flexibility index (Phi) is 3.51. The molecule has 0 amide bonds. The fourth-order valence-electron chi connectivity index (χ4n) is 1.66. The van der Waals surface area contributed by atoms with E-state index >= 15 is 0 Å². The van der Waals surface area contributed by atoms with Gasteiger partial charge in [-0.3, -0.25) is 19.9 Å². The SMILES string of the molecule is CNc1cccnc1C(=O)c1ccc([N+](=O)[O-])cc1. The normalized spacial score (nSPS) is 9.95. The van der Waals surface area contributed by atoms with Gasteiger partial charge in [-0.15, -0.1) is 0 Å². The number of hydrogen-bond acceptors (Lipinski definition) is 5. The van der Waals surface area contributed by atoms with E-state index in [9.17, 15) is 14.9 Å². The zero-order valence-electron chi connectivity index (χ0n) is 10.2. The molecule has 6 nitrogen and oxygen atoms in total. The fourth-order valence-corrected chi connectivity index (χ4v) is 1.66. The second-order valence-corrected chi connectivity index (χ2v) is 3.78. The van der Waals surface area contributed by atoms with Crippen LogP contribution in [-0.2, 0) is 0 Å². The molecule has 0 fully saturated rings. The highest BCUT2D eigenvalue weighted by Gasteiger charge is 2.15. The van der Waals surface area contributed by atoms with Crippen LogP contribution in [-0.4, -0.2) is 22.7 Å². The van der Waals surface area contributed by atoms with Crippen LogP contribution in [0.25, 0.3) is 0 Å². The standard InChI is InChI=1S/C13H11N3O3/c1-14-11-3-2-8-15-12(11)13(17)9-4-6-10(7-5-9)16(18)19/h2-8,14H,1H3. The van der Waals surface area contributed by atoms with E-state index in [0.717, 1.165) is 0 Å². The molecule has 0 aliphatic heterocycles. The Hall–Kier alpha value is -2.76. The summed E-state index contributed by atoms with van der Waals surface area (Å²) in [5.74, 6) is -0.278. The second-order valence-electron chi connectivity index (χ2n) is 3.78. The summed E-state index contributed by atoms with van der Waals surface area (Å²) in [4.78, 5) is 26.3. The van der Waals surface area contributed by atoms with Gasteiger partial charge in [-0.2, -0.15) is 0 Å². The molecule has 0 atom stereocenters. The van der Waals surface area contributed by atoms with Gasteiger partial charge in [0.15, 0.2) is 0 Å². The molecule has 1 aromatic heterocycles. The smallest absolute Gasteiger partial charge is 0.269 e. The van der Waals surface area contributed by atoms with Crippen molar-refractivity contribution in [1.82, 2.24) is 4.98 Å². The van der Waals surface area contributed by atoms with Gasteiger partial charge in [0.05, 0.1) is 10.6 Å². The van der Waals surface area contributed by atoms with E-state index in [0.29, 0.717) is 16.9 Å². The third-order valence-corrected chi connectivity index (χ3v) is 2.63. The molecule has 96 valence electrons. The lowest BCUT2D eigenvalue weighted by Gasteiger charge is -2.06. The number of nitro groups is 1. The van der Waals surface area contributed by atoms with E-state index in [2.05, 4.69) is 10.3 Å². The summed E-state index contributed by atoms with van der Waals surface area (Å²) >= 11 is 0. The topological polar surface area (TPSA) is 85.1 Å². The third-order valence-electron chi connectivity index (χ3n) is 2.63. The van der Waals surface area contributed by atoms with Gasteiger partial charge in [0.1, 0.15) is 5.69 Å². The number of hydrogen-bond donors (Lipinski definition) is 1. The molecular weight excluding hydrogens is 246 g/mol. The van der Waals surface area contributed by atoms with E-state index in [4.69, 9.17) is 0 Å². The number of benzene rings is 1. The first kappa shape index (κ1) is 12.7. The maximum Gasteiger partial charge on any atom is 0.269 e. The first-order chi connectivity index (χ1) is 9.13. The quantitative estimate of drug-likeness (QED) is 0.516. The molecule has 0 unspecified atom stereocenters. The molecule has 0 bridgehead atoms. The number of pyridine rings is 1. The first-order valence-electron chi connectivity index (χ1n) is 5.55. The molecule has 6 heteroatoms. The maximum absolute atomic E-state index is 12.2. The Morgan fingerprint density at radius 1 is 1.26 bits per heavy atom. The average molecular weight is 257 g/mol. The molecule has 2 rings (SSSR count). The molecule has 0 saturated heterocycles. The highest BCUT2D eigenvalue weighted by molar-refractivity contribution is 6.10. The van der Waals surface area contributed by atoms with Crippen LogP contribution in [0.3, 0.4) is 0 Å².